The fourth-order valence-corrected chi connectivity index (χ4v) is 10.1. The lowest BCUT2D eigenvalue weighted by Crippen LogP contribution is -2.65. The van der Waals surface area contributed by atoms with Gasteiger partial charge in [-0.05, 0) is 12.1 Å². The Bertz CT molecular complexity index is 1180. The van der Waals surface area contributed by atoms with Gasteiger partial charge in [-0.25, -0.2) is 4.79 Å². The van der Waals surface area contributed by atoms with Crippen LogP contribution in [0.25, 0.3) is 0 Å². The number of aliphatic hydroxyl groups excluding tert-OH is 1. The van der Waals surface area contributed by atoms with E-state index >= 15 is 0 Å². The van der Waals surface area contributed by atoms with Crippen molar-refractivity contribution in [2.24, 2.45) is 0 Å². The Morgan fingerprint density at radius 3 is 2.24 bits per heavy atom. The largest absolute Gasteiger partial charge is 0.391 e. The first-order valence-corrected chi connectivity index (χ1v) is 13.2. The second-order valence-corrected chi connectivity index (χ2v) is 15.7. The summed E-state index contributed by atoms with van der Waals surface area (Å²) in [6.45, 7) is 12.6. The summed E-state index contributed by atoms with van der Waals surface area (Å²) in [5.74, 6) is -0.749. The van der Waals surface area contributed by atoms with Crippen LogP contribution in [-0.2, 0) is 13.6 Å². The normalized spacial score (nSPS) is 26.8. The summed E-state index contributed by atoms with van der Waals surface area (Å²) in [6.07, 6.45) is -2.39. The molecule has 0 amide bonds. The average molecular weight is 489 g/mol. The minimum absolute atomic E-state index is 0.198. The van der Waals surface area contributed by atoms with Gasteiger partial charge in [0.15, 0.2) is 6.23 Å². The lowest BCUT2D eigenvalue weighted by molar-refractivity contribution is -0.0810. The molecule has 1 aromatic heterocycles. The molecule has 0 saturated carbocycles. The van der Waals surface area contributed by atoms with Crippen LogP contribution >= 0.6 is 0 Å². The monoisotopic (exact) mass is 488 g/mol. The van der Waals surface area contributed by atoms with Crippen molar-refractivity contribution in [3.05, 3.63) is 69.0 Å². The van der Waals surface area contributed by atoms with Gasteiger partial charge in [0, 0.05) is 27.9 Å². The molecule has 0 unspecified atom stereocenters. The summed E-state index contributed by atoms with van der Waals surface area (Å²) >= 11 is 0. The van der Waals surface area contributed by atoms with Crippen LogP contribution in [0.2, 0.25) is 10.1 Å². The molecule has 34 heavy (non-hydrogen) atoms. The van der Waals surface area contributed by atoms with Crippen molar-refractivity contribution >= 4 is 14.5 Å². The van der Waals surface area contributed by atoms with Gasteiger partial charge in [-0.3, -0.25) is 14.2 Å². The molecule has 9 nitrogen and oxygen atoms in total. The quantitative estimate of drug-likeness (QED) is 0.647. The number of benzene rings is 1. The highest BCUT2D eigenvalue weighted by Crippen LogP contribution is 2.55. The second-order valence-electron chi connectivity index (χ2n) is 10.9. The first-order valence-electron chi connectivity index (χ1n) is 11.4. The number of aliphatic hydroxyl groups is 1. The van der Waals surface area contributed by atoms with Crippen molar-refractivity contribution in [3.8, 4) is 0 Å². The van der Waals surface area contributed by atoms with Gasteiger partial charge in [0.05, 0.1) is 6.61 Å². The maximum Gasteiger partial charge on any atom is 0.349 e. The van der Waals surface area contributed by atoms with Gasteiger partial charge in [-0.15, -0.1) is 0 Å². The third-order valence-corrected chi connectivity index (χ3v) is 11.7. The van der Waals surface area contributed by atoms with Crippen molar-refractivity contribution in [1.82, 2.24) is 9.13 Å². The van der Waals surface area contributed by atoms with E-state index in [-0.39, 0.29) is 22.2 Å². The molecule has 0 radical (unpaired) electrons. The highest BCUT2D eigenvalue weighted by atomic mass is 28.4. The third kappa shape index (κ3) is 3.83. The van der Waals surface area contributed by atoms with E-state index in [2.05, 4.69) is 41.5 Å². The van der Waals surface area contributed by atoms with Gasteiger partial charge in [0.2, 0.25) is 0 Å². The standard InChI is InChI=1S/C24H32N2O7Si/c1-23(2,3)34(24(4,5)6)31-14-16-19(33-34)18(28)21(32-16)25-13-12-17(27)26(22(25)30)20(29)15-10-8-7-9-11-15/h7-13,16,18-19,21,28H,14H2,1-6H3/t16-,18-,19-,21-/m1/s1. The molecule has 2 aromatic rings. The van der Waals surface area contributed by atoms with Crippen LogP contribution in [0.15, 0.2) is 52.2 Å². The van der Waals surface area contributed by atoms with E-state index < -0.39 is 50.3 Å². The Labute approximate surface area is 199 Å². The molecule has 4 atom stereocenters. The van der Waals surface area contributed by atoms with Gasteiger partial charge in [-0.2, -0.15) is 4.57 Å². The zero-order chi connectivity index (χ0) is 25.1. The van der Waals surface area contributed by atoms with E-state index in [1.807, 2.05) is 0 Å². The molecule has 1 aromatic carbocycles. The zero-order valence-corrected chi connectivity index (χ0v) is 21.3. The Kier molecular flexibility index (Phi) is 6.10. The van der Waals surface area contributed by atoms with E-state index in [9.17, 15) is 19.5 Å². The number of carbonyl (C=O) groups excluding carboxylic acids is 1. The molecule has 0 aliphatic carbocycles. The Balaban J connectivity index is 1.70. The number of nitrogens with zero attached hydrogens (tertiary/aromatic N) is 2. The first-order chi connectivity index (χ1) is 15.8. The van der Waals surface area contributed by atoms with Crippen LogP contribution < -0.4 is 11.2 Å². The van der Waals surface area contributed by atoms with Crippen LogP contribution in [0.1, 0.15) is 58.1 Å². The molecule has 2 fully saturated rings. The number of rotatable bonds is 2. The van der Waals surface area contributed by atoms with Gasteiger partial charge in [-0.1, -0.05) is 59.7 Å². The summed E-state index contributed by atoms with van der Waals surface area (Å²) < 4.78 is 20.6. The van der Waals surface area contributed by atoms with Crippen LogP contribution in [0.4, 0.5) is 0 Å². The topological polar surface area (TPSA) is 109 Å². The van der Waals surface area contributed by atoms with Gasteiger partial charge in [0.1, 0.15) is 18.3 Å². The van der Waals surface area contributed by atoms with E-state index in [1.54, 1.807) is 18.2 Å². The first kappa shape index (κ1) is 24.7. The van der Waals surface area contributed by atoms with E-state index in [1.165, 1.54) is 18.3 Å². The van der Waals surface area contributed by atoms with Crippen LogP contribution in [-0.4, -0.2) is 53.6 Å². The van der Waals surface area contributed by atoms with Gasteiger partial charge >= 0.3 is 14.3 Å². The molecule has 2 saturated heterocycles. The molecular formula is C24H32N2O7Si. The van der Waals surface area contributed by atoms with Crippen molar-refractivity contribution in [3.63, 3.8) is 0 Å². The molecular weight excluding hydrogens is 456 g/mol. The van der Waals surface area contributed by atoms with Crippen LogP contribution in [0, 0.1) is 0 Å². The molecule has 0 bridgehead atoms. The second kappa shape index (κ2) is 8.38. The Morgan fingerprint density at radius 2 is 1.65 bits per heavy atom. The molecule has 4 rings (SSSR count). The van der Waals surface area contributed by atoms with E-state index in [4.69, 9.17) is 13.6 Å². The molecule has 184 valence electrons. The number of hydrogen-bond donors (Lipinski definition) is 1. The molecule has 0 spiro atoms. The number of aromatic nitrogens is 2. The van der Waals surface area contributed by atoms with Gasteiger partial charge < -0.3 is 18.7 Å². The number of hydrogen-bond acceptors (Lipinski definition) is 7. The summed E-state index contributed by atoms with van der Waals surface area (Å²) in [4.78, 5) is 38.6. The maximum absolute atomic E-state index is 13.2. The van der Waals surface area contributed by atoms with Crippen molar-refractivity contribution < 1.29 is 23.5 Å². The number of ether oxygens (including phenoxy) is 1. The fraction of sp³-hybridized carbons (Fsp3) is 0.542. The van der Waals surface area contributed by atoms with Crippen LogP contribution in [0.5, 0.6) is 0 Å². The lowest BCUT2D eigenvalue weighted by atomic mass is 10.1. The predicted molar refractivity (Wildman–Crippen MR) is 127 cm³/mol. The summed E-state index contributed by atoms with van der Waals surface area (Å²) in [6, 6.07) is 9.18. The summed E-state index contributed by atoms with van der Waals surface area (Å²) in [7, 11) is -2.88. The Hall–Kier alpha value is -2.37. The van der Waals surface area contributed by atoms with E-state index in [0.717, 1.165) is 10.6 Å². The average Bonchev–Trinajstić information content (AvgIpc) is 3.08. The van der Waals surface area contributed by atoms with Crippen LogP contribution in [0.3, 0.4) is 0 Å². The minimum Gasteiger partial charge on any atom is -0.391 e. The number of carbonyl (C=O) groups is 1. The zero-order valence-electron chi connectivity index (χ0n) is 20.3. The Morgan fingerprint density at radius 1 is 1.03 bits per heavy atom. The predicted octanol–water partition coefficient (Wildman–Crippen LogP) is 2.41. The lowest BCUT2D eigenvalue weighted by Gasteiger charge is -2.53. The van der Waals surface area contributed by atoms with E-state index in [0.29, 0.717) is 4.57 Å². The summed E-state index contributed by atoms with van der Waals surface area (Å²) in [5, 5.41) is 10.6. The molecule has 1 N–H and O–H groups in total. The highest BCUT2D eigenvalue weighted by molar-refractivity contribution is 6.73. The van der Waals surface area contributed by atoms with Crippen molar-refractivity contribution in [2.45, 2.75) is 76.2 Å². The smallest absolute Gasteiger partial charge is 0.349 e. The van der Waals surface area contributed by atoms with Gasteiger partial charge in [0.25, 0.3) is 11.5 Å². The fourth-order valence-electron chi connectivity index (χ4n) is 5.15. The highest BCUT2D eigenvalue weighted by Gasteiger charge is 2.65. The van der Waals surface area contributed by atoms with Crippen molar-refractivity contribution in [2.75, 3.05) is 6.61 Å². The maximum atomic E-state index is 13.2. The SMILES string of the molecule is CC(C)(C)[Si]1(C(C)(C)C)OC[C@H]2O[C@@H](n3ccc(=O)n(C(=O)c4ccccc4)c3=O)[C@H](O)[C@@H]2O1. The van der Waals surface area contributed by atoms with Crippen molar-refractivity contribution in [1.29, 1.82) is 0 Å². The molecule has 10 heteroatoms. The molecule has 2 aliphatic rings. The minimum atomic E-state index is -2.88. The molecule has 2 aliphatic heterocycles. The number of fused-ring (bicyclic) bond motifs is 1. The third-order valence-electron chi connectivity index (χ3n) is 6.55. The summed E-state index contributed by atoms with van der Waals surface area (Å²) in [5.41, 5.74) is -1.45. The molecule has 3 heterocycles.